The Bertz CT molecular complexity index is 1390. The summed E-state index contributed by atoms with van der Waals surface area (Å²) in [6.45, 7) is 6.39. The highest BCUT2D eigenvalue weighted by Gasteiger charge is 2.68. The van der Waals surface area contributed by atoms with Gasteiger partial charge < -0.3 is 9.47 Å². The highest BCUT2D eigenvalue weighted by Crippen LogP contribution is 2.54. The predicted octanol–water partition coefficient (Wildman–Crippen LogP) is 5.72. The van der Waals surface area contributed by atoms with E-state index in [1.54, 1.807) is 42.5 Å². The van der Waals surface area contributed by atoms with Crippen LogP contribution in [0.15, 0.2) is 82.1 Å². The minimum atomic E-state index is -4.59. The van der Waals surface area contributed by atoms with Crippen LogP contribution in [0.25, 0.3) is 0 Å². The van der Waals surface area contributed by atoms with Gasteiger partial charge in [-0.3, -0.25) is 0 Å². The fraction of sp³-hybridized carbons (Fsp3) is 0.516. The highest BCUT2D eigenvalue weighted by atomic mass is 32.3. The molecule has 2 aliphatic carbocycles. The molecule has 9 heteroatoms. The van der Waals surface area contributed by atoms with Crippen LogP contribution in [0.3, 0.4) is 0 Å². The summed E-state index contributed by atoms with van der Waals surface area (Å²) in [6, 6.07) is 15.3. The summed E-state index contributed by atoms with van der Waals surface area (Å²) < 4.78 is 69.0. The number of ether oxygens (including phenoxy) is 2. The van der Waals surface area contributed by atoms with Crippen molar-refractivity contribution >= 4 is 25.6 Å². The standard InChI is InChI=1S/C31H38O7S2/c1-21(2)25-18-17-22(3)20-27(25)37-30-28-26(29(32)38-30)16-10-11-19-31(28,39(33,34)23-12-6-4-7-13-23)40(35,36)24-14-8-5-9-15-24/h4-9,12-16,21-22,25,27-28,30H,10-11,17-20H2,1-3H3/t22-,25+,27-,28-,30-/m1/s1. The van der Waals surface area contributed by atoms with E-state index in [1.807, 2.05) is 0 Å². The van der Waals surface area contributed by atoms with Gasteiger partial charge in [0.15, 0.2) is 23.8 Å². The van der Waals surface area contributed by atoms with Crippen LogP contribution in [0.1, 0.15) is 59.3 Å². The average molecular weight is 587 g/mol. The molecule has 0 radical (unpaired) electrons. The first kappa shape index (κ1) is 29.0. The van der Waals surface area contributed by atoms with Crippen molar-refractivity contribution in [2.75, 3.05) is 0 Å². The van der Waals surface area contributed by atoms with Crippen LogP contribution in [-0.2, 0) is 33.9 Å². The zero-order valence-corrected chi connectivity index (χ0v) is 24.9. The number of hydrogen-bond donors (Lipinski definition) is 0. The van der Waals surface area contributed by atoms with Crippen molar-refractivity contribution in [1.82, 2.24) is 0 Å². The van der Waals surface area contributed by atoms with Gasteiger partial charge in [-0.1, -0.05) is 69.7 Å². The third-order valence-corrected chi connectivity index (χ3v) is 14.8. The van der Waals surface area contributed by atoms with Gasteiger partial charge in [0, 0.05) is 5.57 Å². The summed E-state index contributed by atoms with van der Waals surface area (Å²) >= 11 is 0. The molecule has 1 saturated heterocycles. The third-order valence-electron chi connectivity index (χ3n) is 8.92. The van der Waals surface area contributed by atoms with Gasteiger partial charge in [0.05, 0.1) is 21.8 Å². The molecule has 1 heterocycles. The maximum Gasteiger partial charge on any atom is 0.336 e. The number of sulfone groups is 2. The Morgan fingerprint density at radius 3 is 2.02 bits per heavy atom. The Morgan fingerprint density at radius 2 is 1.48 bits per heavy atom. The van der Waals surface area contributed by atoms with Crippen molar-refractivity contribution in [2.45, 2.75) is 85.6 Å². The molecule has 0 spiro atoms. The Kier molecular flexibility index (Phi) is 8.03. The number of carbonyl (C=O) groups excluding carboxylic acids is 1. The summed E-state index contributed by atoms with van der Waals surface area (Å²) in [7, 11) is -9.17. The van der Waals surface area contributed by atoms with Crippen LogP contribution < -0.4 is 0 Å². The Labute approximate surface area is 237 Å². The summed E-state index contributed by atoms with van der Waals surface area (Å²) in [5.41, 5.74) is 0.0754. The van der Waals surface area contributed by atoms with Crippen molar-refractivity contribution in [3.63, 3.8) is 0 Å². The van der Waals surface area contributed by atoms with Crippen molar-refractivity contribution in [3.8, 4) is 0 Å². The molecular weight excluding hydrogens is 548 g/mol. The average Bonchev–Trinajstić information content (AvgIpc) is 3.10. The SMILES string of the molecule is CC(C)[C@@H]1CC[C@@H](C)C[C@H]1O[C@@H]1OC(=O)C2=CCCCC(S(=O)(=O)c3ccccc3)(S(=O)(=O)c3ccccc3)[C@H]21. The molecule has 7 nitrogen and oxygen atoms in total. The third kappa shape index (κ3) is 4.73. The van der Waals surface area contributed by atoms with Gasteiger partial charge in [0.1, 0.15) is 0 Å². The summed E-state index contributed by atoms with van der Waals surface area (Å²) in [4.78, 5) is 13.1. The molecule has 5 rings (SSSR count). The summed E-state index contributed by atoms with van der Waals surface area (Å²) in [6.07, 6.45) is 3.17. The second-order valence-electron chi connectivity index (χ2n) is 11.7. The monoisotopic (exact) mass is 586 g/mol. The fourth-order valence-electron chi connectivity index (χ4n) is 6.83. The van der Waals surface area contributed by atoms with Gasteiger partial charge in [-0.15, -0.1) is 0 Å². The van der Waals surface area contributed by atoms with E-state index in [1.165, 1.54) is 24.3 Å². The van der Waals surface area contributed by atoms with Crippen molar-refractivity contribution < 1.29 is 31.1 Å². The minimum Gasteiger partial charge on any atom is -0.432 e. The second-order valence-corrected chi connectivity index (χ2v) is 16.4. The van der Waals surface area contributed by atoms with E-state index in [9.17, 15) is 21.6 Å². The maximum absolute atomic E-state index is 14.8. The molecule has 1 aliphatic heterocycles. The molecule has 0 N–H and O–H groups in total. The number of rotatable bonds is 7. The predicted molar refractivity (Wildman–Crippen MR) is 152 cm³/mol. The topological polar surface area (TPSA) is 104 Å². The van der Waals surface area contributed by atoms with E-state index in [0.29, 0.717) is 18.3 Å². The largest absolute Gasteiger partial charge is 0.432 e. The van der Waals surface area contributed by atoms with E-state index < -0.39 is 41.9 Å². The van der Waals surface area contributed by atoms with Crippen LogP contribution in [0.4, 0.5) is 0 Å². The molecule has 5 atom stereocenters. The Morgan fingerprint density at radius 1 is 0.900 bits per heavy atom. The van der Waals surface area contributed by atoms with Crippen molar-refractivity contribution in [1.29, 1.82) is 0 Å². The molecule has 0 unspecified atom stereocenters. The van der Waals surface area contributed by atoms with Crippen LogP contribution in [0.5, 0.6) is 0 Å². The van der Waals surface area contributed by atoms with E-state index in [2.05, 4.69) is 20.8 Å². The number of hydrogen-bond acceptors (Lipinski definition) is 7. The van der Waals surface area contributed by atoms with E-state index >= 15 is 0 Å². The zero-order valence-electron chi connectivity index (χ0n) is 23.2. The van der Waals surface area contributed by atoms with Crippen LogP contribution in [-0.4, -0.2) is 39.3 Å². The molecule has 1 saturated carbocycles. The lowest BCUT2D eigenvalue weighted by molar-refractivity contribution is -0.197. The lowest BCUT2D eigenvalue weighted by Gasteiger charge is -2.42. The minimum absolute atomic E-state index is 0.0754. The Hall–Kier alpha value is -2.49. The van der Waals surface area contributed by atoms with Crippen molar-refractivity contribution in [2.24, 2.45) is 23.7 Å². The molecule has 2 fully saturated rings. The van der Waals surface area contributed by atoms with Gasteiger partial charge in [-0.05, 0) is 74.1 Å². The van der Waals surface area contributed by atoms with Gasteiger partial charge in [0.25, 0.3) is 0 Å². The Balaban J connectivity index is 1.73. The molecule has 2 aromatic rings. The summed E-state index contributed by atoms with van der Waals surface area (Å²) in [5.74, 6) is -1.20. The van der Waals surface area contributed by atoms with Crippen LogP contribution >= 0.6 is 0 Å². The number of cyclic esters (lactones) is 1. The first-order chi connectivity index (χ1) is 19.0. The molecule has 0 bridgehead atoms. The van der Waals surface area contributed by atoms with Crippen LogP contribution in [0, 0.1) is 23.7 Å². The molecular formula is C31H38O7S2. The number of carbonyl (C=O) groups is 1. The fourth-order valence-corrected chi connectivity index (χ4v) is 12.4. The van der Waals surface area contributed by atoms with Gasteiger partial charge >= 0.3 is 5.97 Å². The molecule has 216 valence electrons. The maximum atomic E-state index is 14.8. The number of allylic oxidation sites excluding steroid dienone is 1. The quantitative estimate of drug-likeness (QED) is 0.383. The first-order valence-electron chi connectivity index (χ1n) is 14.2. The number of esters is 1. The van der Waals surface area contributed by atoms with E-state index in [4.69, 9.17) is 9.47 Å². The van der Waals surface area contributed by atoms with Crippen LogP contribution in [0.2, 0.25) is 0 Å². The lowest BCUT2D eigenvalue weighted by Crippen LogP contribution is -2.56. The first-order valence-corrected chi connectivity index (χ1v) is 17.1. The lowest BCUT2D eigenvalue weighted by atomic mass is 9.75. The normalized spacial score (nSPS) is 28.9. The molecule has 40 heavy (non-hydrogen) atoms. The molecule has 0 amide bonds. The van der Waals surface area contributed by atoms with Crippen molar-refractivity contribution in [3.05, 3.63) is 72.3 Å². The van der Waals surface area contributed by atoms with Gasteiger partial charge in [0.2, 0.25) is 6.29 Å². The highest BCUT2D eigenvalue weighted by molar-refractivity contribution is 8.10. The molecule has 0 aromatic heterocycles. The zero-order chi connectivity index (χ0) is 28.7. The molecule has 3 aliphatic rings. The smallest absolute Gasteiger partial charge is 0.336 e. The van der Waals surface area contributed by atoms with Gasteiger partial charge in [-0.25, -0.2) is 21.6 Å². The molecule has 2 aromatic carbocycles. The summed E-state index contributed by atoms with van der Waals surface area (Å²) in [5, 5.41) is 0. The number of benzene rings is 2. The van der Waals surface area contributed by atoms with E-state index in [0.717, 1.165) is 19.3 Å². The second kappa shape index (κ2) is 11.1. The number of fused-ring (bicyclic) bond motifs is 1. The van der Waals surface area contributed by atoms with Gasteiger partial charge in [-0.2, -0.15) is 0 Å². The van der Waals surface area contributed by atoms with E-state index in [-0.39, 0.29) is 40.2 Å².